The van der Waals surface area contributed by atoms with Crippen LogP contribution in [0.5, 0.6) is 5.75 Å². The van der Waals surface area contributed by atoms with Crippen LogP contribution in [-0.2, 0) is 0 Å². The monoisotopic (exact) mass is 430 g/mol. The number of fused-ring (bicyclic) bond motifs is 1. The predicted molar refractivity (Wildman–Crippen MR) is 117 cm³/mol. The highest BCUT2D eigenvalue weighted by Gasteiger charge is 2.29. The molecule has 7 heteroatoms. The van der Waals surface area contributed by atoms with Crippen LogP contribution in [0.1, 0.15) is 31.4 Å². The van der Waals surface area contributed by atoms with E-state index in [2.05, 4.69) is 10.2 Å². The number of hydrogen-bond acceptors (Lipinski definition) is 5. The highest BCUT2D eigenvalue weighted by Crippen LogP contribution is 2.37. The molecule has 1 fully saturated rings. The number of nitrogens with zero attached hydrogens (tertiary/aromatic N) is 1. The fraction of sp³-hybridized carbons (Fsp3) is 0.348. The first-order valence-electron chi connectivity index (χ1n) is 10.0. The Hall–Kier alpha value is -2.57. The minimum Gasteiger partial charge on any atom is -0.494 e. The van der Waals surface area contributed by atoms with E-state index in [-0.39, 0.29) is 17.8 Å². The molecule has 1 atom stereocenters. The van der Waals surface area contributed by atoms with Crippen molar-refractivity contribution < 1.29 is 13.5 Å². The zero-order valence-corrected chi connectivity index (χ0v) is 17.7. The van der Waals surface area contributed by atoms with Gasteiger partial charge in [0.15, 0.2) is 11.6 Å². The van der Waals surface area contributed by atoms with Crippen LogP contribution in [0.2, 0.25) is 5.02 Å². The number of piperidine rings is 1. The van der Waals surface area contributed by atoms with Crippen LogP contribution in [0.25, 0.3) is 11.0 Å². The van der Waals surface area contributed by atoms with Crippen LogP contribution in [-0.4, -0.2) is 26.2 Å². The first-order valence-corrected chi connectivity index (χ1v) is 10.4. The lowest BCUT2D eigenvalue weighted by atomic mass is 9.97. The molecule has 0 saturated carbocycles. The summed E-state index contributed by atoms with van der Waals surface area (Å²) in [4.78, 5) is 14.6. The molecule has 158 valence electrons. The van der Waals surface area contributed by atoms with Gasteiger partial charge in [-0.2, -0.15) is 0 Å². The van der Waals surface area contributed by atoms with Crippen LogP contribution in [0, 0.1) is 5.82 Å². The molecule has 2 aromatic carbocycles. The highest BCUT2D eigenvalue weighted by molar-refractivity contribution is 6.31. The Morgan fingerprint density at radius 3 is 2.67 bits per heavy atom. The molecule has 4 rings (SSSR count). The molecular formula is C23H24ClFN2O3. The zero-order valence-electron chi connectivity index (χ0n) is 17.0. The van der Waals surface area contributed by atoms with Crippen molar-refractivity contribution in [1.29, 1.82) is 0 Å². The van der Waals surface area contributed by atoms with Crippen molar-refractivity contribution in [3.63, 3.8) is 0 Å². The van der Waals surface area contributed by atoms with Gasteiger partial charge in [-0.1, -0.05) is 17.7 Å². The van der Waals surface area contributed by atoms with Crippen LogP contribution in [0.3, 0.4) is 0 Å². The van der Waals surface area contributed by atoms with E-state index in [1.807, 2.05) is 19.1 Å². The van der Waals surface area contributed by atoms with Crippen molar-refractivity contribution in [2.75, 3.05) is 25.1 Å². The van der Waals surface area contributed by atoms with E-state index < -0.39 is 11.4 Å². The molecule has 3 aromatic rings. The summed E-state index contributed by atoms with van der Waals surface area (Å²) in [6, 6.07) is 11.7. The van der Waals surface area contributed by atoms with Gasteiger partial charge in [0, 0.05) is 22.5 Å². The number of benzene rings is 2. The second-order valence-electron chi connectivity index (χ2n) is 7.55. The predicted octanol–water partition coefficient (Wildman–Crippen LogP) is 4.91. The van der Waals surface area contributed by atoms with Crippen molar-refractivity contribution in [3.05, 3.63) is 69.3 Å². The Kier molecular flexibility index (Phi) is 5.97. The van der Waals surface area contributed by atoms with E-state index in [4.69, 9.17) is 20.8 Å². The SMILES string of the molecule is COc1ccc(C(C)N(c2cc(=O)oc3ccc(Cl)cc23)C2CCNCC2)cc1F. The number of nitrogens with one attached hydrogen (secondary N) is 1. The Morgan fingerprint density at radius 1 is 1.20 bits per heavy atom. The highest BCUT2D eigenvalue weighted by atomic mass is 35.5. The lowest BCUT2D eigenvalue weighted by Gasteiger charge is -2.41. The normalized spacial score (nSPS) is 15.9. The molecule has 0 amide bonds. The molecular weight excluding hydrogens is 407 g/mol. The Bertz CT molecular complexity index is 1110. The molecule has 0 bridgehead atoms. The maximum atomic E-state index is 14.5. The van der Waals surface area contributed by atoms with Crippen LogP contribution in [0.15, 0.2) is 51.7 Å². The van der Waals surface area contributed by atoms with Gasteiger partial charge in [-0.05, 0) is 68.8 Å². The average Bonchev–Trinajstić information content (AvgIpc) is 2.75. The molecule has 2 heterocycles. The van der Waals surface area contributed by atoms with Crippen LogP contribution < -0.4 is 20.6 Å². The molecule has 0 radical (unpaired) electrons. The zero-order chi connectivity index (χ0) is 21.3. The van der Waals surface area contributed by atoms with Crippen molar-refractivity contribution in [2.45, 2.75) is 31.8 Å². The van der Waals surface area contributed by atoms with Gasteiger partial charge in [0.2, 0.25) is 0 Å². The Balaban J connectivity index is 1.87. The Labute approximate surface area is 179 Å². The van der Waals surface area contributed by atoms with Crippen molar-refractivity contribution in [1.82, 2.24) is 5.32 Å². The summed E-state index contributed by atoms with van der Waals surface area (Å²) in [5, 5.41) is 4.70. The smallest absolute Gasteiger partial charge is 0.338 e. The van der Waals surface area contributed by atoms with Crippen molar-refractivity contribution in [3.8, 4) is 5.75 Å². The van der Waals surface area contributed by atoms with Gasteiger partial charge >= 0.3 is 5.63 Å². The van der Waals surface area contributed by atoms with Gasteiger partial charge in [-0.15, -0.1) is 0 Å². The number of anilines is 1. The maximum Gasteiger partial charge on any atom is 0.338 e. The summed E-state index contributed by atoms with van der Waals surface area (Å²) in [5.74, 6) is -0.204. The van der Waals surface area contributed by atoms with E-state index in [0.29, 0.717) is 10.6 Å². The van der Waals surface area contributed by atoms with E-state index in [9.17, 15) is 9.18 Å². The average molecular weight is 431 g/mol. The standard InChI is InChI=1S/C23H24ClFN2O3/c1-14(15-3-5-22(29-2)19(25)11-15)27(17-7-9-26-10-8-17)20-13-23(28)30-21-6-4-16(24)12-18(20)21/h3-6,11-14,17,26H,7-10H2,1-2H3. The minimum atomic E-state index is -0.424. The number of hydrogen-bond donors (Lipinski definition) is 1. The first kappa shape index (κ1) is 20.7. The lowest BCUT2D eigenvalue weighted by molar-refractivity contribution is 0.384. The second kappa shape index (κ2) is 8.66. The summed E-state index contributed by atoms with van der Waals surface area (Å²) in [6.07, 6.45) is 1.82. The molecule has 30 heavy (non-hydrogen) atoms. The van der Waals surface area contributed by atoms with E-state index in [1.54, 1.807) is 18.2 Å². The summed E-state index contributed by atoms with van der Waals surface area (Å²) >= 11 is 6.26. The lowest BCUT2D eigenvalue weighted by Crippen LogP contribution is -2.44. The molecule has 1 aliphatic rings. The van der Waals surface area contributed by atoms with Gasteiger partial charge in [0.1, 0.15) is 5.58 Å². The molecule has 0 aliphatic carbocycles. The largest absolute Gasteiger partial charge is 0.494 e. The molecule has 1 saturated heterocycles. The van der Waals surface area contributed by atoms with Gasteiger partial charge in [0.05, 0.1) is 18.8 Å². The third kappa shape index (κ3) is 4.02. The van der Waals surface area contributed by atoms with Gasteiger partial charge in [-0.3, -0.25) is 0 Å². The van der Waals surface area contributed by atoms with E-state index in [0.717, 1.165) is 42.6 Å². The number of halogens is 2. The third-order valence-electron chi connectivity index (χ3n) is 5.74. The number of rotatable bonds is 5. The molecule has 5 nitrogen and oxygen atoms in total. The van der Waals surface area contributed by atoms with Crippen LogP contribution >= 0.6 is 11.6 Å². The van der Waals surface area contributed by atoms with E-state index >= 15 is 0 Å². The number of ether oxygens (including phenoxy) is 1. The molecule has 1 N–H and O–H groups in total. The van der Waals surface area contributed by atoms with E-state index in [1.165, 1.54) is 19.2 Å². The summed E-state index contributed by atoms with van der Waals surface area (Å²) in [7, 11) is 1.45. The fourth-order valence-corrected chi connectivity index (χ4v) is 4.41. The minimum absolute atomic E-state index is 0.176. The maximum absolute atomic E-state index is 14.5. The summed E-state index contributed by atoms with van der Waals surface area (Å²) in [5.41, 5.74) is 1.61. The Morgan fingerprint density at radius 2 is 1.97 bits per heavy atom. The van der Waals surface area contributed by atoms with Crippen molar-refractivity contribution >= 4 is 28.3 Å². The van der Waals surface area contributed by atoms with Crippen molar-refractivity contribution in [2.24, 2.45) is 0 Å². The summed E-state index contributed by atoms with van der Waals surface area (Å²) < 4.78 is 24.9. The topological polar surface area (TPSA) is 54.7 Å². The molecule has 1 unspecified atom stereocenters. The second-order valence-corrected chi connectivity index (χ2v) is 7.99. The van der Waals surface area contributed by atoms with Gasteiger partial charge in [-0.25, -0.2) is 9.18 Å². The number of methoxy groups -OCH3 is 1. The molecule has 1 aromatic heterocycles. The third-order valence-corrected chi connectivity index (χ3v) is 5.97. The fourth-order valence-electron chi connectivity index (χ4n) is 4.24. The first-order chi connectivity index (χ1) is 14.5. The van der Waals surface area contributed by atoms with Crippen LogP contribution in [0.4, 0.5) is 10.1 Å². The van der Waals surface area contributed by atoms with Gasteiger partial charge < -0.3 is 19.4 Å². The van der Waals surface area contributed by atoms with Gasteiger partial charge in [0.25, 0.3) is 0 Å². The summed E-state index contributed by atoms with van der Waals surface area (Å²) in [6.45, 7) is 3.78. The molecule has 1 aliphatic heterocycles. The molecule has 0 spiro atoms. The quantitative estimate of drug-likeness (QED) is 0.582.